The minimum Gasteiger partial charge on any atom is -0.396 e. The number of hydrogen-bond acceptors (Lipinski definition) is 3. The number of nitrogens with one attached hydrogen (secondary N) is 1. The van der Waals surface area contributed by atoms with E-state index in [1.54, 1.807) is 0 Å². The Morgan fingerprint density at radius 2 is 2.12 bits per heavy atom. The fraction of sp³-hybridized carbons (Fsp3) is 0.571. The van der Waals surface area contributed by atoms with Gasteiger partial charge in [0.2, 0.25) is 0 Å². The standard InChI is InChI=1S/C14H22N2O/c17-11-5-9-15-13-6-4-10-16(12-13)14-7-2-1-3-8-14/h1-3,7-8,13,15,17H,4-6,9-12H2. The van der Waals surface area contributed by atoms with Gasteiger partial charge in [-0.05, 0) is 37.9 Å². The Balaban J connectivity index is 1.84. The van der Waals surface area contributed by atoms with Gasteiger partial charge in [0.25, 0.3) is 0 Å². The van der Waals surface area contributed by atoms with Crippen LogP contribution in [0.2, 0.25) is 0 Å². The number of hydrogen-bond donors (Lipinski definition) is 2. The molecule has 17 heavy (non-hydrogen) atoms. The summed E-state index contributed by atoms with van der Waals surface area (Å²) in [6.45, 7) is 3.43. The Kier molecular flexibility index (Phi) is 4.83. The van der Waals surface area contributed by atoms with Gasteiger partial charge in [-0.3, -0.25) is 0 Å². The van der Waals surface area contributed by atoms with Crippen molar-refractivity contribution in [3.05, 3.63) is 30.3 Å². The van der Waals surface area contributed by atoms with Gasteiger partial charge in [0.05, 0.1) is 0 Å². The summed E-state index contributed by atoms with van der Waals surface area (Å²) in [7, 11) is 0. The maximum absolute atomic E-state index is 8.78. The molecule has 0 amide bonds. The highest BCUT2D eigenvalue weighted by Crippen LogP contribution is 2.19. The lowest BCUT2D eigenvalue weighted by Gasteiger charge is -2.35. The molecule has 1 unspecified atom stereocenters. The third-order valence-corrected chi connectivity index (χ3v) is 3.31. The van der Waals surface area contributed by atoms with Gasteiger partial charge in [-0.15, -0.1) is 0 Å². The van der Waals surface area contributed by atoms with E-state index in [4.69, 9.17) is 5.11 Å². The first-order valence-corrected chi connectivity index (χ1v) is 6.54. The smallest absolute Gasteiger partial charge is 0.0443 e. The number of rotatable bonds is 5. The Morgan fingerprint density at radius 3 is 2.88 bits per heavy atom. The molecule has 2 N–H and O–H groups in total. The molecule has 0 saturated carbocycles. The van der Waals surface area contributed by atoms with Crippen LogP contribution in [0.5, 0.6) is 0 Å². The van der Waals surface area contributed by atoms with Crippen LogP contribution < -0.4 is 10.2 Å². The van der Waals surface area contributed by atoms with Gasteiger partial charge in [0.1, 0.15) is 0 Å². The fourth-order valence-electron chi connectivity index (χ4n) is 2.40. The predicted octanol–water partition coefficient (Wildman–Crippen LogP) is 1.63. The summed E-state index contributed by atoms with van der Waals surface area (Å²) in [4.78, 5) is 2.44. The van der Waals surface area contributed by atoms with Gasteiger partial charge in [-0.2, -0.15) is 0 Å². The van der Waals surface area contributed by atoms with Gasteiger partial charge in [-0.1, -0.05) is 18.2 Å². The van der Waals surface area contributed by atoms with Crippen molar-refractivity contribution in [1.82, 2.24) is 5.32 Å². The molecule has 1 aliphatic rings. The number of anilines is 1. The molecule has 1 aromatic carbocycles. The summed E-state index contributed by atoms with van der Waals surface area (Å²) in [5.41, 5.74) is 1.32. The Hall–Kier alpha value is -1.06. The largest absolute Gasteiger partial charge is 0.396 e. The van der Waals surface area contributed by atoms with Crippen LogP contribution >= 0.6 is 0 Å². The second kappa shape index (κ2) is 6.62. The van der Waals surface area contributed by atoms with Crippen LogP contribution in [-0.2, 0) is 0 Å². The molecule has 1 aliphatic heterocycles. The first kappa shape index (κ1) is 12.4. The molecule has 0 spiro atoms. The Bertz CT molecular complexity index is 315. The molecule has 1 heterocycles. The second-order valence-electron chi connectivity index (χ2n) is 4.65. The maximum Gasteiger partial charge on any atom is 0.0443 e. The second-order valence-corrected chi connectivity index (χ2v) is 4.65. The Morgan fingerprint density at radius 1 is 1.29 bits per heavy atom. The molecule has 0 aliphatic carbocycles. The van der Waals surface area contributed by atoms with E-state index in [1.807, 2.05) is 0 Å². The van der Waals surface area contributed by atoms with E-state index in [2.05, 4.69) is 40.5 Å². The number of piperidine rings is 1. The zero-order valence-corrected chi connectivity index (χ0v) is 10.3. The summed E-state index contributed by atoms with van der Waals surface area (Å²) in [6.07, 6.45) is 3.34. The number of aliphatic hydroxyl groups excluding tert-OH is 1. The maximum atomic E-state index is 8.78. The van der Waals surface area contributed by atoms with Gasteiger partial charge < -0.3 is 15.3 Å². The molecule has 1 saturated heterocycles. The lowest BCUT2D eigenvalue weighted by Crippen LogP contribution is -2.46. The predicted molar refractivity (Wildman–Crippen MR) is 71.4 cm³/mol. The minimum absolute atomic E-state index is 0.280. The van der Waals surface area contributed by atoms with E-state index >= 15 is 0 Å². The van der Waals surface area contributed by atoms with Crippen molar-refractivity contribution < 1.29 is 5.11 Å². The number of nitrogens with zero attached hydrogens (tertiary/aromatic N) is 1. The Labute approximate surface area is 103 Å². The van der Waals surface area contributed by atoms with Crippen LogP contribution in [0, 0.1) is 0 Å². The van der Waals surface area contributed by atoms with Crippen LogP contribution in [0.3, 0.4) is 0 Å². The molecule has 0 bridgehead atoms. The highest BCUT2D eigenvalue weighted by atomic mass is 16.3. The average Bonchev–Trinajstić information content (AvgIpc) is 2.41. The molecular weight excluding hydrogens is 212 g/mol. The normalized spacial score (nSPS) is 20.5. The van der Waals surface area contributed by atoms with Crippen molar-refractivity contribution in [2.24, 2.45) is 0 Å². The number of benzene rings is 1. The van der Waals surface area contributed by atoms with Crippen LogP contribution in [0.15, 0.2) is 30.3 Å². The van der Waals surface area contributed by atoms with E-state index < -0.39 is 0 Å². The highest BCUT2D eigenvalue weighted by Gasteiger charge is 2.19. The molecule has 2 rings (SSSR count). The van der Waals surface area contributed by atoms with Crippen molar-refractivity contribution in [2.45, 2.75) is 25.3 Å². The topological polar surface area (TPSA) is 35.5 Å². The van der Waals surface area contributed by atoms with Crippen LogP contribution in [0.4, 0.5) is 5.69 Å². The first-order chi connectivity index (χ1) is 8.40. The van der Waals surface area contributed by atoms with E-state index in [9.17, 15) is 0 Å². The quantitative estimate of drug-likeness (QED) is 0.760. The van der Waals surface area contributed by atoms with Crippen LogP contribution in [0.1, 0.15) is 19.3 Å². The van der Waals surface area contributed by atoms with Crippen LogP contribution in [-0.4, -0.2) is 37.4 Å². The van der Waals surface area contributed by atoms with Gasteiger partial charge in [0, 0.05) is 31.4 Å². The van der Waals surface area contributed by atoms with Crippen molar-refractivity contribution in [3.63, 3.8) is 0 Å². The molecule has 94 valence electrons. The van der Waals surface area contributed by atoms with Crippen molar-refractivity contribution in [3.8, 4) is 0 Å². The zero-order chi connectivity index (χ0) is 11.9. The molecule has 1 aromatic rings. The SMILES string of the molecule is OCCCNC1CCCN(c2ccccc2)C1. The van der Waals surface area contributed by atoms with Crippen molar-refractivity contribution >= 4 is 5.69 Å². The molecule has 1 atom stereocenters. The molecule has 3 heteroatoms. The van der Waals surface area contributed by atoms with E-state index in [0.29, 0.717) is 6.04 Å². The first-order valence-electron chi connectivity index (χ1n) is 6.54. The summed E-state index contributed by atoms with van der Waals surface area (Å²) >= 11 is 0. The van der Waals surface area contributed by atoms with Gasteiger partial charge >= 0.3 is 0 Å². The number of para-hydroxylation sites is 1. The number of aliphatic hydroxyl groups is 1. The zero-order valence-electron chi connectivity index (χ0n) is 10.3. The summed E-state index contributed by atoms with van der Waals surface area (Å²) in [5.74, 6) is 0. The fourth-order valence-corrected chi connectivity index (χ4v) is 2.40. The third-order valence-electron chi connectivity index (χ3n) is 3.31. The lowest BCUT2D eigenvalue weighted by molar-refractivity contribution is 0.280. The van der Waals surface area contributed by atoms with E-state index in [-0.39, 0.29) is 6.61 Å². The summed E-state index contributed by atoms with van der Waals surface area (Å²) in [6, 6.07) is 11.2. The van der Waals surface area contributed by atoms with Crippen LogP contribution in [0.25, 0.3) is 0 Å². The average molecular weight is 234 g/mol. The summed E-state index contributed by atoms with van der Waals surface area (Å²) in [5, 5.41) is 12.3. The summed E-state index contributed by atoms with van der Waals surface area (Å²) < 4.78 is 0. The van der Waals surface area contributed by atoms with Gasteiger partial charge in [-0.25, -0.2) is 0 Å². The molecule has 0 radical (unpaired) electrons. The molecule has 3 nitrogen and oxygen atoms in total. The van der Waals surface area contributed by atoms with E-state index in [0.717, 1.165) is 26.1 Å². The van der Waals surface area contributed by atoms with E-state index in [1.165, 1.54) is 18.5 Å². The third kappa shape index (κ3) is 3.72. The molecule has 1 fully saturated rings. The lowest BCUT2D eigenvalue weighted by atomic mass is 10.0. The van der Waals surface area contributed by atoms with Gasteiger partial charge in [0.15, 0.2) is 0 Å². The minimum atomic E-state index is 0.280. The van der Waals surface area contributed by atoms with Crippen molar-refractivity contribution in [2.75, 3.05) is 31.1 Å². The monoisotopic (exact) mass is 234 g/mol. The highest BCUT2D eigenvalue weighted by molar-refractivity contribution is 5.46. The molecular formula is C14H22N2O. The van der Waals surface area contributed by atoms with Crippen molar-refractivity contribution in [1.29, 1.82) is 0 Å². The molecule has 0 aromatic heterocycles.